The molecule has 1 aliphatic rings. The second kappa shape index (κ2) is 2.51. The fourth-order valence-electron chi connectivity index (χ4n) is 1.90. The molecular formula is C9H11N5. The highest BCUT2D eigenvalue weighted by molar-refractivity contribution is 5.46. The fraction of sp³-hybridized carbons (Fsp3) is 0.444. The first-order chi connectivity index (χ1) is 6.80. The van der Waals surface area contributed by atoms with Crippen molar-refractivity contribution in [3.8, 4) is 0 Å². The smallest absolute Gasteiger partial charge is 0.184 e. The average molecular weight is 189 g/mol. The van der Waals surface area contributed by atoms with E-state index in [2.05, 4.69) is 15.2 Å². The van der Waals surface area contributed by atoms with Crippen LogP contribution in [-0.2, 0) is 5.54 Å². The van der Waals surface area contributed by atoms with E-state index in [0.717, 1.165) is 24.2 Å². The van der Waals surface area contributed by atoms with E-state index in [1.165, 1.54) is 6.42 Å². The highest BCUT2D eigenvalue weighted by Crippen LogP contribution is 2.38. The van der Waals surface area contributed by atoms with E-state index < -0.39 is 0 Å². The second-order valence-electron chi connectivity index (χ2n) is 3.85. The Hall–Kier alpha value is -1.49. The van der Waals surface area contributed by atoms with Crippen LogP contribution >= 0.6 is 0 Å². The molecule has 0 spiro atoms. The Morgan fingerprint density at radius 2 is 2.29 bits per heavy atom. The molecule has 72 valence electrons. The van der Waals surface area contributed by atoms with Gasteiger partial charge in [-0.25, -0.2) is 0 Å². The molecule has 0 aliphatic heterocycles. The van der Waals surface area contributed by atoms with Gasteiger partial charge in [-0.05, 0) is 19.3 Å². The first-order valence-electron chi connectivity index (χ1n) is 4.73. The molecule has 1 saturated carbocycles. The summed E-state index contributed by atoms with van der Waals surface area (Å²) in [6.07, 6.45) is 8.41. The summed E-state index contributed by atoms with van der Waals surface area (Å²) in [5.41, 5.74) is 7.60. The van der Waals surface area contributed by atoms with Crippen LogP contribution in [0.2, 0.25) is 0 Å². The third-order valence-electron chi connectivity index (χ3n) is 2.93. The topological polar surface area (TPSA) is 69.1 Å². The van der Waals surface area contributed by atoms with Gasteiger partial charge in [0.2, 0.25) is 0 Å². The summed E-state index contributed by atoms with van der Waals surface area (Å²) in [5.74, 6) is 0. The van der Waals surface area contributed by atoms with Crippen LogP contribution < -0.4 is 5.73 Å². The van der Waals surface area contributed by atoms with Gasteiger partial charge < -0.3 is 5.73 Å². The molecule has 0 saturated heterocycles. The van der Waals surface area contributed by atoms with Crippen LogP contribution in [0.1, 0.15) is 25.0 Å². The minimum atomic E-state index is -0.268. The second-order valence-corrected chi connectivity index (χ2v) is 3.85. The van der Waals surface area contributed by atoms with Crippen molar-refractivity contribution in [3.63, 3.8) is 0 Å². The molecule has 2 heterocycles. The Balaban J connectivity index is 2.24. The quantitative estimate of drug-likeness (QED) is 0.707. The van der Waals surface area contributed by atoms with Crippen LogP contribution in [0.3, 0.4) is 0 Å². The predicted octanol–water partition coefficient (Wildman–Crippen LogP) is 0.462. The molecule has 2 N–H and O–H groups in total. The number of aromatic nitrogens is 4. The standard InChI is InChI=1S/C9H11N5/c10-9(2-1-3-9)7-8-13-12-6-14(8)5-4-11-7/h4-6H,1-3,10H2. The van der Waals surface area contributed by atoms with E-state index in [0.29, 0.717) is 0 Å². The van der Waals surface area contributed by atoms with Crippen LogP contribution in [0.4, 0.5) is 0 Å². The van der Waals surface area contributed by atoms with E-state index in [1.54, 1.807) is 12.5 Å². The van der Waals surface area contributed by atoms with Gasteiger partial charge in [-0.1, -0.05) is 0 Å². The van der Waals surface area contributed by atoms with Gasteiger partial charge in [-0.3, -0.25) is 9.38 Å². The zero-order valence-electron chi connectivity index (χ0n) is 7.72. The number of nitrogens with two attached hydrogens (primary N) is 1. The molecule has 1 fully saturated rings. The summed E-state index contributed by atoms with van der Waals surface area (Å²) < 4.78 is 1.86. The predicted molar refractivity (Wildman–Crippen MR) is 50.5 cm³/mol. The first-order valence-corrected chi connectivity index (χ1v) is 4.73. The van der Waals surface area contributed by atoms with Crippen molar-refractivity contribution in [3.05, 3.63) is 24.4 Å². The van der Waals surface area contributed by atoms with Gasteiger partial charge in [-0.2, -0.15) is 0 Å². The van der Waals surface area contributed by atoms with Gasteiger partial charge >= 0.3 is 0 Å². The summed E-state index contributed by atoms with van der Waals surface area (Å²) in [6, 6.07) is 0. The van der Waals surface area contributed by atoms with Crippen molar-refractivity contribution >= 4 is 5.65 Å². The normalized spacial score (nSPS) is 19.5. The summed E-state index contributed by atoms with van der Waals surface area (Å²) >= 11 is 0. The molecule has 1 aliphatic carbocycles. The lowest BCUT2D eigenvalue weighted by Gasteiger charge is -2.37. The Morgan fingerprint density at radius 3 is 3.00 bits per heavy atom. The number of fused-ring (bicyclic) bond motifs is 1. The van der Waals surface area contributed by atoms with Crippen molar-refractivity contribution < 1.29 is 0 Å². The minimum absolute atomic E-state index is 0.268. The lowest BCUT2D eigenvalue weighted by atomic mass is 9.75. The van der Waals surface area contributed by atoms with Gasteiger partial charge in [0, 0.05) is 12.4 Å². The largest absolute Gasteiger partial charge is 0.320 e. The molecule has 5 nitrogen and oxygen atoms in total. The molecular weight excluding hydrogens is 178 g/mol. The van der Waals surface area contributed by atoms with Gasteiger partial charge in [0.05, 0.1) is 5.54 Å². The van der Waals surface area contributed by atoms with Crippen molar-refractivity contribution in [2.24, 2.45) is 5.73 Å². The van der Waals surface area contributed by atoms with Crippen molar-refractivity contribution in [2.45, 2.75) is 24.8 Å². The maximum atomic E-state index is 6.21. The van der Waals surface area contributed by atoms with Crippen LogP contribution in [0.25, 0.3) is 5.65 Å². The van der Waals surface area contributed by atoms with Gasteiger partial charge in [0.1, 0.15) is 12.0 Å². The van der Waals surface area contributed by atoms with Gasteiger partial charge in [0.15, 0.2) is 5.65 Å². The van der Waals surface area contributed by atoms with Crippen molar-refractivity contribution in [2.75, 3.05) is 0 Å². The third-order valence-corrected chi connectivity index (χ3v) is 2.93. The fourth-order valence-corrected chi connectivity index (χ4v) is 1.90. The number of nitrogens with zero attached hydrogens (tertiary/aromatic N) is 4. The van der Waals surface area contributed by atoms with E-state index in [9.17, 15) is 0 Å². The molecule has 14 heavy (non-hydrogen) atoms. The summed E-state index contributed by atoms with van der Waals surface area (Å²) in [7, 11) is 0. The average Bonchev–Trinajstić information content (AvgIpc) is 2.61. The molecule has 0 aromatic carbocycles. The monoisotopic (exact) mass is 189 g/mol. The minimum Gasteiger partial charge on any atom is -0.320 e. The van der Waals surface area contributed by atoms with Crippen LogP contribution in [0.5, 0.6) is 0 Å². The van der Waals surface area contributed by atoms with E-state index in [4.69, 9.17) is 5.73 Å². The van der Waals surface area contributed by atoms with E-state index >= 15 is 0 Å². The molecule has 0 amide bonds. The molecule has 3 rings (SSSR count). The SMILES string of the molecule is NC1(c2nccn3cnnc23)CCC1. The lowest BCUT2D eigenvalue weighted by Crippen LogP contribution is -2.44. The molecule has 0 radical (unpaired) electrons. The molecule has 0 atom stereocenters. The van der Waals surface area contributed by atoms with Gasteiger partial charge in [-0.15, -0.1) is 10.2 Å². The lowest BCUT2D eigenvalue weighted by molar-refractivity contribution is 0.247. The van der Waals surface area contributed by atoms with Crippen LogP contribution in [0.15, 0.2) is 18.7 Å². The Morgan fingerprint density at radius 1 is 1.43 bits per heavy atom. The van der Waals surface area contributed by atoms with E-state index in [-0.39, 0.29) is 5.54 Å². The third kappa shape index (κ3) is 0.899. The van der Waals surface area contributed by atoms with Crippen molar-refractivity contribution in [1.82, 2.24) is 19.6 Å². The van der Waals surface area contributed by atoms with Crippen LogP contribution in [-0.4, -0.2) is 19.6 Å². The van der Waals surface area contributed by atoms with Crippen LogP contribution in [0, 0.1) is 0 Å². The Kier molecular flexibility index (Phi) is 1.41. The summed E-state index contributed by atoms with van der Waals surface area (Å²) in [6.45, 7) is 0. The van der Waals surface area contributed by atoms with E-state index in [1.807, 2.05) is 10.6 Å². The number of rotatable bonds is 1. The molecule has 0 unspecified atom stereocenters. The first kappa shape index (κ1) is 7.87. The van der Waals surface area contributed by atoms with Crippen molar-refractivity contribution in [1.29, 1.82) is 0 Å². The maximum absolute atomic E-state index is 6.21. The number of hydrogen-bond acceptors (Lipinski definition) is 4. The van der Waals surface area contributed by atoms with Gasteiger partial charge in [0.25, 0.3) is 0 Å². The highest BCUT2D eigenvalue weighted by Gasteiger charge is 2.37. The number of hydrogen-bond donors (Lipinski definition) is 1. The Bertz CT molecular complexity index is 471. The maximum Gasteiger partial charge on any atom is 0.184 e. The summed E-state index contributed by atoms with van der Waals surface area (Å²) in [4.78, 5) is 4.32. The molecule has 2 aromatic heterocycles. The Labute approximate surface area is 81.0 Å². The zero-order chi connectivity index (χ0) is 9.60. The summed E-state index contributed by atoms with van der Waals surface area (Å²) in [5, 5.41) is 7.89. The zero-order valence-corrected chi connectivity index (χ0v) is 7.72. The molecule has 0 bridgehead atoms. The highest BCUT2D eigenvalue weighted by atomic mass is 15.2. The molecule has 2 aromatic rings. The molecule has 5 heteroatoms.